The summed E-state index contributed by atoms with van der Waals surface area (Å²) in [6.07, 6.45) is 3.95. The van der Waals surface area contributed by atoms with Crippen LogP contribution in [-0.2, 0) is 6.54 Å². The van der Waals surface area contributed by atoms with Gasteiger partial charge in [0.2, 0.25) is 0 Å². The van der Waals surface area contributed by atoms with E-state index in [1.807, 2.05) is 48.5 Å². The van der Waals surface area contributed by atoms with Crippen LogP contribution in [0.25, 0.3) is 22.0 Å². The minimum absolute atomic E-state index is 0.0376. The van der Waals surface area contributed by atoms with Crippen molar-refractivity contribution in [2.24, 2.45) is 0 Å². The second kappa shape index (κ2) is 13.8. The maximum Gasteiger partial charge on any atom is 0.274 e. The Hall–Kier alpha value is -4.53. The number of hydrogen-bond acceptors (Lipinski definition) is 3. The molecule has 0 aliphatic rings. The highest BCUT2D eigenvalue weighted by molar-refractivity contribution is 7.95. The molecule has 5 heteroatoms. The lowest BCUT2D eigenvalue weighted by Crippen LogP contribution is -2.33. The van der Waals surface area contributed by atoms with Crippen LogP contribution in [0.5, 0.6) is 5.75 Å². The Morgan fingerprint density at radius 3 is 1.70 bits per heavy atom. The van der Waals surface area contributed by atoms with Gasteiger partial charge in [0.1, 0.15) is 28.9 Å². The molecule has 6 aromatic rings. The third-order valence-electron chi connectivity index (χ3n) is 8.18. The van der Waals surface area contributed by atoms with Gasteiger partial charge >= 0.3 is 0 Å². The van der Waals surface area contributed by atoms with Crippen molar-refractivity contribution in [2.45, 2.75) is 32.7 Å². The van der Waals surface area contributed by atoms with Crippen LogP contribution in [0.4, 0.5) is 0 Å². The Kier molecular flexibility index (Phi) is 9.29. The van der Waals surface area contributed by atoms with Gasteiger partial charge < -0.3 is 4.74 Å². The summed E-state index contributed by atoms with van der Waals surface area (Å²) in [5.74, 6) is 0.843. The molecule has 5 aromatic carbocycles. The first-order valence-corrected chi connectivity index (χ1v) is 17.5. The number of ether oxygens (including phenoxy) is 1. The van der Waals surface area contributed by atoms with E-state index < -0.39 is 7.26 Å². The SMILES string of the molecule is CCCn1nc(-c2ccc(OCCCC[P+](c3ccccc3)(c3ccccc3)c3ccccc3)cc2)c2ccccc2c1=O. The fraction of sp³-hybridized carbons (Fsp3) is 0.179. The van der Waals surface area contributed by atoms with Crippen molar-refractivity contribution in [3.63, 3.8) is 0 Å². The van der Waals surface area contributed by atoms with E-state index in [-0.39, 0.29) is 5.56 Å². The van der Waals surface area contributed by atoms with Crippen LogP contribution in [0, 0.1) is 0 Å². The van der Waals surface area contributed by atoms with Crippen LogP contribution in [0.15, 0.2) is 144 Å². The van der Waals surface area contributed by atoms with Crippen LogP contribution in [0.1, 0.15) is 26.2 Å². The highest BCUT2D eigenvalue weighted by atomic mass is 31.2. The van der Waals surface area contributed by atoms with E-state index in [0.29, 0.717) is 18.5 Å². The monoisotopic (exact) mass is 597 g/mol. The normalized spacial score (nSPS) is 11.5. The minimum atomic E-state index is -1.83. The van der Waals surface area contributed by atoms with Crippen molar-refractivity contribution in [1.29, 1.82) is 0 Å². The number of hydrogen-bond donors (Lipinski definition) is 0. The highest BCUT2D eigenvalue weighted by Gasteiger charge is 2.44. The molecule has 1 heterocycles. The molecule has 0 aliphatic carbocycles. The maximum atomic E-state index is 12.9. The molecule has 0 spiro atoms. The molecule has 0 unspecified atom stereocenters. The lowest BCUT2D eigenvalue weighted by Gasteiger charge is -2.27. The molecule has 0 amide bonds. The van der Waals surface area contributed by atoms with E-state index in [4.69, 9.17) is 9.84 Å². The third-order valence-corrected chi connectivity index (χ3v) is 12.7. The van der Waals surface area contributed by atoms with Gasteiger partial charge in [-0.2, -0.15) is 5.10 Å². The topological polar surface area (TPSA) is 44.1 Å². The molecule has 220 valence electrons. The summed E-state index contributed by atoms with van der Waals surface area (Å²) >= 11 is 0. The van der Waals surface area contributed by atoms with Crippen molar-refractivity contribution in [3.8, 4) is 17.0 Å². The van der Waals surface area contributed by atoms with Gasteiger partial charge in [-0.15, -0.1) is 0 Å². The first-order chi connectivity index (χ1) is 21.7. The summed E-state index contributed by atoms with van der Waals surface area (Å²) in [7, 11) is -1.83. The predicted octanol–water partition coefficient (Wildman–Crippen LogP) is 7.63. The molecule has 0 atom stereocenters. The summed E-state index contributed by atoms with van der Waals surface area (Å²) in [5.41, 5.74) is 1.76. The third kappa shape index (κ3) is 6.09. The van der Waals surface area contributed by atoms with E-state index in [9.17, 15) is 4.79 Å². The zero-order valence-corrected chi connectivity index (χ0v) is 26.1. The molecule has 0 N–H and O–H groups in total. The molecule has 0 fully saturated rings. The van der Waals surface area contributed by atoms with E-state index in [1.165, 1.54) is 15.9 Å². The number of aryl methyl sites for hydroxylation is 1. The van der Waals surface area contributed by atoms with Crippen LogP contribution in [0.3, 0.4) is 0 Å². The van der Waals surface area contributed by atoms with Gasteiger partial charge in [-0.25, -0.2) is 4.68 Å². The lowest BCUT2D eigenvalue weighted by molar-refractivity contribution is 0.310. The highest BCUT2D eigenvalue weighted by Crippen LogP contribution is 2.55. The molecule has 0 aliphatic heterocycles. The van der Waals surface area contributed by atoms with Crippen molar-refractivity contribution in [1.82, 2.24) is 9.78 Å². The zero-order valence-electron chi connectivity index (χ0n) is 25.2. The summed E-state index contributed by atoms with van der Waals surface area (Å²) in [6, 6.07) is 49.0. The van der Waals surface area contributed by atoms with Gasteiger partial charge in [-0.3, -0.25) is 4.79 Å². The van der Waals surface area contributed by atoms with Crippen molar-refractivity contribution in [3.05, 3.63) is 150 Å². The fourth-order valence-electron chi connectivity index (χ4n) is 6.04. The Morgan fingerprint density at radius 2 is 1.16 bits per heavy atom. The Bertz CT molecular complexity index is 1760. The Morgan fingerprint density at radius 1 is 0.636 bits per heavy atom. The van der Waals surface area contributed by atoms with Gasteiger partial charge in [0.05, 0.1) is 23.8 Å². The van der Waals surface area contributed by atoms with E-state index in [2.05, 4.69) is 97.9 Å². The quantitative estimate of drug-likeness (QED) is 0.108. The summed E-state index contributed by atoms with van der Waals surface area (Å²) in [6.45, 7) is 3.31. The van der Waals surface area contributed by atoms with E-state index in [1.54, 1.807) is 4.68 Å². The van der Waals surface area contributed by atoms with E-state index >= 15 is 0 Å². The number of rotatable bonds is 12. The Balaban J connectivity index is 1.18. The standard InChI is InChI=1S/C39H38N2O2P/c1-2-28-41-39(42)37-23-13-12-22-36(37)38(40-41)31-24-26-32(27-25-31)43-29-14-15-30-44(33-16-6-3-7-17-33,34-18-8-4-9-19-34)35-20-10-5-11-21-35/h3-13,16-27H,2,14-15,28-30H2,1H3/q+1. The first-order valence-electron chi connectivity index (χ1n) is 15.5. The maximum absolute atomic E-state index is 12.9. The summed E-state index contributed by atoms with van der Waals surface area (Å²) < 4.78 is 7.82. The number of unbranched alkanes of at least 4 members (excludes halogenated alkanes) is 1. The number of fused-ring (bicyclic) bond motifs is 1. The predicted molar refractivity (Wildman–Crippen MR) is 186 cm³/mol. The number of aromatic nitrogens is 2. The van der Waals surface area contributed by atoms with Gasteiger partial charge in [0.15, 0.2) is 0 Å². The number of nitrogens with zero attached hydrogens (tertiary/aromatic N) is 2. The minimum Gasteiger partial charge on any atom is -0.494 e. The van der Waals surface area contributed by atoms with Crippen molar-refractivity contribution in [2.75, 3.05) is 12.8 Å². The molecule has 0 saturated heterocycles. The van der Waals surface area contributed by atoms with Gasteiger partial charge in [-0.1, -0.05) is 79.7 Å². The van der Waals surface area contributed by atoms with Gasteiger partial charge in [0, 0.05) is 17.5 Å². The summed E-state index contributed by atoms with van der Waals surface area (Å²) in [5, 5.41) is 10.6. The largest absolute Gasteiger partial charge is 0.494 e. The lowest BCUT2D eigenvalue weighted by atomic mass is 10.0. The van der Waals surface area contributed by atoms with Crippen molar-refractivity contribution >= 4 is 33.9 Å². The molecule has 6 rings (SSSR count). The van der Waals surface area contributed by atoms with Crippen LogP contribution in [-0.4, -0.2) is 22.5 Å². The van der Waals surface area contributed by atoms with Crippen LogP contribution in [0.2, 0.25) is 0 Å². The molecule has 44 heavy (non-hydrogen) atoms. The average molecular weight is 598 g/mol. The molecule has 0 radical (unpaired) electrons. The summed E-state index contributed by atoms with van der Waals surface area (Å²) in [4.78, 5) is 12.9. The molecule has 0 bridgehead atoms. The van der Waals surface area contributed by atoms with Crippen LogP contribution < -0.4 is 26.2 Å². The second-order valence-corrected chi connectivity index (χ2v) is 14.7. The molecular formula is C39H38N2O2P+. The Labute approximate surface area is 260 Å². The fourth-order valence-corrected chi connectivity index (χ4v) is 10.5. The van der Waals surface area contributed by atoms with Gasteiger partial charge in [-0.05, 0) is 86.0 Å². The second-order valence-electron chi connectivity index (χ2n) is 11.0. The number of benzene rings is 5. The van der Waals surface area contributed by atoms with Crippen LogP contribution >= 0.6 is 7.26 Å². The molecule has 4 nitrogen and oxygen atoms in total. The zero-order chi connectivity index (χ0) is 30.2. The van der Waals surface area contributed by atoms with E-state index in [0.717, 1.165) is 47.8 Å². The smallest absolute Gasteiger partial charge is 0.274 e. The molecule has 0 saturated carbocycles. The average Bonchev–Trinajstić information content (AvgIpc) is 3.09. The molecular weight excluding hydrogens is 559 g/mol. The molecule has 1 aromatic heterocycles. The van der Waals surface area contributed by atoms with Gasteiger partial charge in [0.25, 0.3) is 5.56 Å². The van der Waals surface area contributed by atoms with Crippen molar-refractivity contribution < 1.29 is 4.74 Å². The first kappa shape index (κ1) is 29.5.